The van der Waals surface area contributed by atoms with Crippen LogP contribution in [0.1, 0.15) is 27.6 Å². The lowest BCUT2D eigenvalue weighted by Crippen LogP contribution is -2.43. The minimum Gasteiger partial charge on any atom is -0.395 e. The number of nitrogens with zero attached hydrogens (tertiary/aromatic N) is 3. The number of hydrogen-bond donors (Lipinski definition) is 1. The van der Waals surface area contributed by atoms with E-state index in [-0.39, 0.29) is 30.0 Å². The van der Waals surface area contributed by atoms with Crippen LogP contribution in [0.2, 0.25) is 0 Å². The molecule has 0 radical (unpaired) electrons. The maximum Gasteiger partial charge on any atom is 0.270 e. The summed E-state index contributed by atoms with van der Waals surface area (Å²) in [5, 5.41) is 19.7. The molecule has 1 heterocycles. The van der Waals surface area contributed by atoms with Gasteiger partial charge in [-0.05, 0) is 13.0 Å². The van der Waals surface area contributed by atoms with Crippen molar-refractivity contribution in [1.82, 2.24) is 9.80 Å². The van der Waals surface area contributed by atoms with Gasteiger partial charge in [-0.2, -0.15) is 0 Å². The minimum absolute atomic E-state index is 0.0404. The number of nitro groups is 1. The summed E-state index contributed by atoms with van der Waals surface area (Å²) >= 11 is 0. The van der Waals surface area contributed by atoms with Gasteiger partial charge in [-0.3, -0.25) is 29.4 Å². The number of carbonyl (C=O) groups excluding carboxylic acids is 3. The van der Waals surface area contributed by atoms with Crippen molar-refractivity contribution < 1.29 is 24.4 Å². The maximum atomic E-state index is 12.2. The first-order valence-electron chi connectivity index (χ1n) is 6.94. The van der Waals surface area contributed by atoms with E-state index < -0.39 is 29.2 Å². The molecule has 0 unspecified atom stereocenters. The zero-order chi connectivity index (χ0) is 17.1. The molecule has 2 rings (SSSR count). The van der Waals surface area contributed by atoms with Crippen molar-refractivity contribution in [3.63, 3.8) is 0 Å². The van der Waals surface area contributed by atoms with Gasteiger partial charge >= 0.3 is 0 Å². The molecular weight excluding hydrogens is 306 g/mol. The fraction of sp³-hybridized carbons (Fsp3) is 0.357. The molecule has 0 atom stereocenters. The van der Waals surface area contributed by atoms with E-state index >= 15 is 0 Å². The van der Waals surface area contributed by atoms with Crippen molar-refractivity contribution in [2.24, 2.45) is 0 Å². The minimum atomic E-state index is -0.734. The SMILES string of the molecule is CCN(CCO)C(=O)CN1C(=O)c2ccc([N+](=O)[O-])cc2C1=O. The van der Waals surface area contributed by atoms with Crippen LogP contribution in [0.3, 0.4) is 0 Å². The summed E-state index contributed by atoms with van der Waals surface area (Å²) in [7, 11) is 0. The molecule has 9 heteroatoms. The number of carbonyl (C=O) groups is 3. The first-order valence-corrected chi connectivity index (χ1v) is 6.94. The summed E-state index contributed by atoms with van der Waals surface area (Å²) < 4.78 is 0. The van der Waals surface area contributed by atoms with E-state index in [2.05, 4.69) is 0 Å². The van der Waals surface area contributed by atoms with E-state index in [9.17, 15) is 24.5 Å². The lowest BCUT2D eigenvalue weighted by Gasteiger charge is -2.22. The van der Waals surface area contributed by atoms with Gasteiger partial charge in [0, 0.05) is 25.2 Å². The van der Waals surface area contributed by atoms with E-state index in [0.717, 1.165) is 17.0 Å². The summed E-state index contributed by atoms with van der Waals surface area (Å²) in [5.41, 5.74) is -0.339. The van der Waals surface area contributed by atoms with Gasteiger partial charge in [0.25, 0.3) is 17.5 Å². The highest BCUT2D eigenvalue weighted by atomic mass is 16.6. The molecule has 0 saturated heterocycles. The second-order valence-corrected chi connectivity index (χ2v) is 4.88. The van der Waals surface area contributed by atoms with E-state index in [1.54, 1.807) is 6.92 Å². The first kappa shape index (κ1) is 16.6. The number of nitro benzene ring substituents is 1. The normalized spacial score (nSPS) is 13.2. The van der Waals surface area contributed by atoms with Crippen molar-refractivity contribution in [3.8, 4) is 0 Å². The van der Waals surface area contributed by atoms with Crippen molar-refractivity contribution in [3.05, 3.63) is 39.4 Å². The Morgan fingerprint density at radius 3 is 2.52 bits per heavy atom. The van der Waals surface area contributed by atoms with Crippen molar-refractivity contribution in [2.75, 3.05) is 26.2 Å². The van der Waals surface area contributed by atoms with Crippen LogP contribution in [0, 0.1) is 10.1 Å². The molecule has 1 aliphatic rings. The molecule has 0 aliphatic carbocycles. The number of amides is 3. The van der Waals surface area contributed by atoms with Crippen LogP contribution in [0.5, 0.6) is 0 Å². The number of aliphatic hydroxyl groups is 1. The number of aliphatic hydroxyl groups excluding tert-OH is 1. The molecule has 0 spiro atoms. The molecule has 0 saturated carbocycles. The fourth-order valence-corrected chi connectivity index (χ4v) is 2.35. The zero-order valence-corrected chi connectivity index (χ0v) is 12.4. The van der Waals surface area contributed by atoms with Crippen molar-refractivity contribution in [2.45, 2.75) is 6.92 Å². The lowest BCUT2D eigenvalue weighted by molar-refractivity contribution is -0.384. The maximum absolute atomic E-state index is 12.2. The van der Waals surface area contributed by atoms with Crippen LogP contribution >= 0.6 is 0 Å². The number of likely N-dealkylation sites (N-methyl/N-ethyl adjacent to an activating group) is 1. The molecule has 0 fully saturated rings. The van der Waals surface area contributed by atoms with Crippen LogP contribution in [-0.2, 0) is 4.79 Å². The van der Waals surface area contributed by atoms with Gasteiger partial charge in [0.2, 0.25) is 5.91 Å². The van der Waals surface area contributed by atoms with Crippen molar-refractivity contribution >= 4 is 23.4 Å². The highest BCUT2D eigenvalue weighted by molar-refractivity contribution is 6.22. The summed E-state index contributed by atoms with van der Waals surface area (Å²) in [5.74, 6) is -1.87. The van der Waals surface area contributed by atoms with Crippen LogP contribution < -0.4 is 0 Å². The Balaban J connectivity index is 2.23. The molecule has 9 nitrogen and oxygen atoms in total. The Hall–Kier alpha value is -2.81. The topological polar surface area (TPSA) is 121 Å². The van der Waals surface area contributed by atoms with Crippen molar-refractivity contribution in [1.29, 1.82) is 0 Å². The summed E-state index contributed by atoms with van der Waals surface area (Å²) in [6, 6.07) is 3.38. The average molecular weight is 321 g/mol. The Morgan fingerprint density at radius 2 is 1.96 bits per heavy atom. The molecule has 23 heavy (non-hydrogen) atoms. The predicted molar refractivity (Wildman–Crippen MR) is 77.8 cm³/mol. The molecule has 0 aromatic heterocycles. The number of rotatable bonds is 6. The van der Waals surface area contributed by atoms with E-state index in [0.29, 0.717) is 6.54 Å². The third-order valence-electron chi connectivity index (χ3n) is 3.56. The molecule has 1 aromatic carbocycles. The highest BCUT2D eigenvalue weighted by Crippen LogP contribution is 2.26. The lowest BCUT2D eigenvalue weighted by atomic mass is 10.1. The average Bonchev–Trinajstić information content (AvgIpc) is 2.77. The molecule has 3 amide bonds. The van der Waals surface area contributed by atoms with E-state index in [1.165, 1.54) is 11.0 Å². The van der Waals surface area contributed by atoms with E-state index in [4.69, 9.17) is 5.11 Å². The standard InChI is InChI=1S/C14H15N3O6/c1-2-15(5-6-18)12(19)8-16-13(20)10-4-3-9(17(22)23)7-11(10)14(16)21/h3-4,7,18H,2,5-6,8H2,1H3. The van der Waals surface area contributed by atoms with Gasteiger partial charge in [-0.1, -0.05) is 0 Å². The van der Waals surface area contributed by atoms with Gasteiger partial charge in [0.1, 0.15) is 6.54 Å². The molecular formula is C14H15N3O6. The van der Waals surface area contributed by atoms with Gasteiger partial charge in [-0.25, -0.2) is 0 Å². The molecule has 1 aliphatic heterocycles. The fourth-order valence-electron chi connectivity index (χ4n) is 2.35. The molecule has 122 valence electrons. The van der Waals surface area contributed by atoms with Gasteiger partial charge in [0.05, 0.1) is 22.7 Å². The van der Waals surface area contributed by atoms with Crippen LogP contribution in [0.25, 0.3) is 0 Å². The monoisotopic (exact) mass is 321 g/mol. The number of fused-ring (bicyclic) bond motifs is 1. The van der Waals surface area contributed by atoms with E-state index in [1.807, 2.05) is 0 Å². The van der Waals surface area contributed by atoms with Crippen LogP contribution in [0.15, 0.2) is 18.2 Å². The Kier molecular flexibility index (Phi) is 4.70. The molecule has 0 bridgehead atoms. The summed E-state index contributed by atoms with van der Waals surface area (Å²) in [6.07, 6.45) is 0. The quantitative estimate of drug-likeness (QED) is 0.448. The second-order valence-electron chi connectivity index (χ2n) is 4.88. The third-order valence-corrected chi connectivity index (χ3v) is 3.56. The smallest absolute Gasteiger partial charge is 0.270 e. The molecule has 1 aromatic rings. The Morgan fingerprint density at radius 1 is 1.30 bits per heavy atom. The van der Waals surface area contributed by atoms with Gasteiger partial charge in [-0.15, -0.1) is 0 Å². The largest absolute Gasteiger partial charge is 0.395 e. The predicted octanol–water partition coefficient (Wildman–Crippen LogP) is 0.0316. The Labute approximate surface area is 131 Å². The number of hydrogen-bond acceptors (Lipinski definition) is 6. The summed E-state index contributed by atoms with van der Waals surface area (Å²) in [4.78, 5) is 48.7. The number of non-ortho nitro benzene ring substituents is 1. The second kappa shape index (κ2) is 6.53. The first-order chi connectivity index (χ1) is 10.9. The van der Waals surface area contributed by atoms with Crippen LogP contribution in [0.4, 0.5) is 5.69 Å². The highest BCUT2D eigenvalue weighted by Gasteiger charge is 2.38. The Bertz CT molecular complexity index is 687. The van der Waals surface area contributed by atoms with Crippen LogP contribution in [-0.4, -0.2) is 63.8 Å². The van der Waals surface area contributed by atoms with Gasteiger partial charge in [0.15, 0.2) is 0 Å². The third kappa shape index (κ3) is 3.04. The molecule has 1 N–H and O–H groups in total. The number of imide groups is 1. The zero-order valence-electron chi connectivity index (χ0n) is 12.4. The van der Waals surface area contributed by atoms with Gasteiger partial charge < -0.3 is 10.0 Å². The number of benzene rings is 1. The summed E-state index contributed by atoms with van der Waals surface area (Å²) in [6.45, 7) is 1.44.